The number of hydrogen-bond acceptors (Lipinski definition) is 2. The normalized spacial score (nSPS) is 10.3. The van der Waals surface area contributed by atoms with Crippen molar-refractivity contribution in [3.05, 3.63) is 23.9 Å². The molecular formula is C10H15NO. The minimum Gasteiger partial charge on any atom is -0.481 e. The molecule has 0 N–H and O–H groups in total. The van der Waals surface area contributed by atoms with Gasteiger partial charge in [0.15, 0.2) is 0 Å². The summed E-state index contributed by atoms with van der Waals surface area (Å²) in [6, 6.07) is 4.01. The van der Waals surface area contributed by atoms with Gasteiger partial charge in [-0.15, -0.1) is 0 Å². The second-order valence-corrected chi connectivity index (χ2v) is 3.27. The molecule has 0 aromatic carbocycles. The van der Waals surface area contributed by atoms with Crippen LogP contribution in [0, 0.1) is 5.92 Å². The first-order valence-electron chi connectivity index (χ1n) is 4.22. The van der Waals surface area contributed by atoms with Gasteiger partial charge in [-0.2, -0.15) is 0 Å². The fraction of sp³-hybridized carbons (Fsp3) is 0.500. The van der Waals surface area contributed by atoms with Crippen molar-refractivity contribution < 1.29 is 4.74 Å². The Morgan fingerprint density at radius 1 is 1.50 bits per heavy atom. The first-order chi connectivity index (χ1) is 5.74. The highest BCUT2D eigenvalue weighted by Crippen LogP contribution is 2.17. The smallest absolute Gasteiger partial charge is 0.216 e. The third-order valence-electron chi connectivity index (χ3n) is 1.67. The molecule has 1 heterocycles. The minimum absolute atomic E-state index is 0.642. The molecule has 1 aromatic rings. The van der Waals surface area contributed by atoms with E-state index in [1.54, 1.807) is 13.3 Å². The highest BCUT2D eigenvalue weighted by atomic mass is 16.5. The van der Waals surface area contributed by atoms with Crippen molar-refractivity contribution in [3.63, 3.8) is 0 Å². The van der Waals surface area contributed by atoms with Crippen LogP contribution in [-0.2, 0) is 6.42 Å². The molecule has 2 nitrogen and oxygen atoms in total. The average Bonchev–Trinajstić information content (AvgIpc) is 2.04. The van der Waals surface area contributed by atoms with E-state index in [9.17, 15) is 0 Å². The van der Waals surface area contributed by atoms with Gasteiger partial charge >= 0.3 is 0 Å². The van der Waals surface area contributed by atoms with Crippen molar-refractivity contribution in [1.29, 1.82) is 0 Å². The van der Waals surface area contributed by atoms with Gasteiger partial charge in [-0.05, 0) is 18.4 Å². The molecule has 12 heavy (non-hydrogen) atoms. The van der Waals surface area contributed by atoms with Gasteiger partial charge < -0.3 is 4.74 Å². The predicted octanol–water partition coefficient (Wildman–Crippen LogP) is 2.29. The molecule has 1 rings (SSSR count). The monoisotopic (exact) mass is 165 g/mol. The van der Waals surface area contributed by atoms with Gasteiger partial charge in [0, 0.05) is 11.8 Å². The van der Waals surface area contributed by atoms with Crippen LogP contribution in [0.15, 0.2) is 18.3 Å². The molecule has 0 amide bonds. The summed E-state index contributed by atoms with van der Waals surface area (Å²) in [5.74, 6) is 1.40. The van der Waals surface area contributed by atoms with Gasteiger partial charge in [-0.1, -0.05) is 19.9 Å². The molecule has 0 saturated heterocycles. The number of rotatable bonds is 3. The van der Waals surface area contributed by atoms with E-state index in [-0.39, 0.29) is 0 Å². The molecule has 0 bridgehead atoms. The van der Waals surface area contributed by atoms with E-state index in [0.29, 0.717) is 5.92 Å². The zero-order chi connectivity index (χ0) is 8.97. The van der Waals surface area contributed by atoms with Crippen LogP contribution >= 0.6 is 0 Å². The van der Waals surface area contributed by atoms with E-state index in [1.165, 1.54) is 5.56 Å². The molecule has 0 fully saturated rings. The van der Waals surface area contributed by atoms with Gasteiger partial charge in [0.05, 0.1) is 7.11 Å². The average molecular weight is 165 g/mol. The summed E-state index contributed by atoms with van der Waals surface area (Å²) < 4.78 is 5.14. The Morgan fingerprint density at radius 2 is 2.25 bits per heavy atom. The van der Waals surface area contributed by atoms with Crippen LogP contribution in [0.2, 0.25) is 0 Å². The Bertz CT molecular complexity index is 245. The van der Waals surface area contributed by atoms with E-state index in [0.717, 1.165) is 12.3 Å². The van der Waals surface area contributed by atoms with Gasteiger partial charge in [0.1, 0.15) is 0 Å². The molecule has 1 aromatic heterocycles. The highest BCUT2D eigenvalue weighted by Gasteiger charge is 2.04. The van der Waals surface area contributed by atoms with Gasteiger partial charge in [-0.3, -0.25) is 0 Å². The number of pyridine rings is 1. The molecule has 0 radical (unpaired) electrons. The lowest BCUT2D eigenvalue weighted by molar-refractivity contribution is 0.389. The maximum absolute atomic E-state index is 5.14. The summed E-state index contributed by atoms with van der Waals surface area (Å²) in [5, 5.41) is 0. The predicted molar refractivity (Wildman–Crippen MR) is 49.3 cm³/mol. The molecule has 0 atom stereocenters. The lowest BCUT2D eigenvalue weighted by atomic mass is 10.0. The molecule has 2 heteroatoms. The second-order valence-electron chi connectivity index (χ2n) is 3.27. The molecule has 0 aliphatic heterocycles. The quantitative estimate of drug-likeness (QED) is 0.685. The lowest BCUT2D eigenvalue weighted by Gasteiger charge is -2.08. The Morgan fingerprint density at radius 3 is 2.83 bits per heavy atom. The maximum Gasteiger partial charge on any atom is 0.216 e. The van der Waals surface area contributed by atoms with Crippen molar-refractivity contribution in [1.82, 2.24) is 4.98 Å². The Hall–Kier alpha value is -1.05. The van der Waals surface area contributed by atoms with E-state index in [2.05, 4.69) is 24.9 Å². The second kappa shape index (κ2) is 4.10. The van der Waals surface area contributed by atoms with E-state index < -0.39 is 0 Å². The number of aromatic nitrogens is 1. The summed E-state index contributed by atoms with van der Waals surface area (Å²) >= 11 is 0. The van der Waals surface area contributed by atoms with Crippen LogP contribution in [0.3, 0.4) is 0 Å². The van der Waals surface area contributed by atoms with Crippen LogP contribution in [0.5, 0.6) is 5.88 Å². The van der Waals surface area contributed by atoms with E-state index in [1.807, 2.05) is 6.07 Å². The first kappa shape index (κ1) is 9.04. The van der Waals surface area contributed by atoms with Crippen molar-refractivity contribution >= 4 is 0 Å². The van der Waals surface area contributed by atoms with Crippen LogP contribution in [-0.4, -0.2) is 12.1 Å². The standard InChI is InChI=1S/C10H15NO/c1-8(2)7-9-5-4-6-11-10(9)12-3/h4-6,8H,7H2,1-3H3. The van der Waals surface area contributed by atoms with Crippen LogP contribution in [0.1, 0.15) is 19.4 Å². The Labute approximate surface area is 73.6 Å². The third kappa shape index (κ3) is 2.22. The van der Waals surface area contributed by atoms with Gasteiger partial charge in [-0.25, -0.2) is 4.98 Å². The van der Waals surface area contributed by atoms with Crippen LogP contribution in [0.25, 0.3) is 0 Å². The molecule has 0 saturated carbocycles. The summed E-state index contributed by atoms with van der Waals surface area (Å²) in [6.07, 6.45) is 2.78. The molecule has 0 aliphatic rings. The van der Waals surface area contributed by atoms with Crippen molar-refractivity contribution in [3.8, 4) is 5.88 Å². The number of ether oxygens (including phenoxy) is 1. The van der Waals surface area contributed by atoms with Gasteiger partial charge in [0.25, 0.3) is 0 Å². The van der Waals surface area contributed by atoms with Gasteiger partial charge in [0.2, 0.25) is 5.88 Å². The largest absolute Gasteiger partial charge is 0.481 e. The summed E-state index contributed by atoms with van der Waals surface area (Å²) in [7, 11) is 1.66. The fourth-order valence-electron chi connectivity index (χ4n) is 1.20. The SMILES string of the molecule is COc1ncccc1CC(C)C. The summed E-state index contributed by atoms with van der Waals surface area (Å²) in [4.78, 5) is 4.13. The fourth-order valence-corrected chi connectivity index (χ4v) is 1.20. The minimum atomic E-state index is 0.642. The Kier molecular flexibility index (Phi) is 3.09. The maximum atomic E-state index is 5.14. The highest BCUT2D eigenvalue weighted by molar-refractivity contribution is 5.25. The van der Waals surface area contributed by atoms with E-state index in [4.69, 9.17) is 4.74 Å². The van der Waals surface area contributed by atoms with Crippen molar-refractivity contribution in [2.45, 2.75) is 20.3 Å². The zero-order valence-electron chi connectivity index (χ0n) is 7.87. The van der Waals surface area contributed by atoms with Crippen molar-refractivity contribution in [2.75, 3.05) is 7.11 Å². The summed E-state index contributed by atoms with van der Waals surface area (Å²) in [6.45, 7) is 4.37. The number of hydrogen-bond donors (Lipinski definition) is 0. The van der Waals surface area contributed by atoms with E-state index >= 15 is 0 Å². The van der Waals surface area contributed by atoms with Crippen LogP contribution in [0.4, 0.5) is 0 Å². The molecule has 0 spiro atoms. The number of nitrogens with zero attached hydrogens (tertiary/aromatic N) is 1. The summed E-state index contributed by atoms with van der Waals surface area (Å²) in [5.41, 5.74) is 1.19. The molecule has 0 unspecified atom stereocenters. The topological polar surface area (TPSA) is 22.1 Å². The Balaban J connectivity index is 2.82. The van der Waals surface area contributed by atoms with Crippen LogP contribution < -0.4 is 4.74 Å². The third-order valence-corrected chi connectivity index (χ3v) is 1.67. The molecule has 0 aliphatic carbocycles. The molecule has 66 valence electrons. The van der Waals surface area contributed by atoms with Crippen molar-refractivity contribution in [2.24, 2.45) is 5.92 Å². The number of methoxy groups -OCH3 is 1. The first-order valence-corrected chi connectivity index (χ1v) is 4.22. The zero-order valence-corrected chi connectivity index (χ0v) is 7.87. The molecular weight excluding hydrogens is 150 g/mol. The lowest BCUT2D eigenvalue weighted by Crippen LogP contribution is -1.98.